The lowest BCUT2D eigenvalue weighted by atomic mass is 9.99. The van der Waals surface area contributed by atoms with Gasteiger partial charge in [-0.05, 0) is 32.4 Å². The predicted molar refractivity (Wildman–Crippen MR) is 94.9 cm³/mol. The average Bonchev–Trinajstić information content (AvgIpc) is 2.97. The molecule has 1 aromatic rings. The van der Waals surface area contributed by atoms with Gasteiger partial charge in [0.1, 0.15) is 0 Å². The molecule has 0 radical (unpaired) electrons. The largest absolute Gasteiger partial charge is 0.356 e. The number of hydrogen-bond acceptors (Lipinski definition) is 5. The molecule has 1 aliphatic heterocycles. The zero-order valence-corrected chi connectivity index (χ0v) is 14.9. The van der Waals surface area contributed by atoms with Crippen LogP contribution in [0.1, 0.15) is 18.5 Å². The number of aliphatic imine (C=N–C) groups is 1. The van der Waals surface area contributed by atoms with Crippen molar-refractivity contribution in [3.63, 3.8) is 0 Å². The van der Waals surface area contributed by atoms with Crippen LogP contribution in [0.3, 0.4) is 0 Å². The van der Waals surface area contributed by atoms with Gasteiger partial charge in [-0.15, -0.1) is 11.3 Å². The van der Waals surface area contributed by atoms with Crippen molar-refractivity contribution in [1.82, 2.24) is 20.5 Å². The van der Waals surface area contributed by atoms with Crippen molar-refractivity contribution in [2.24, 2.45) is 10.9 Å². The molecule has 1 unspecified atom stereocenters. The van der Waals surface area contributed by atoms with Crippen molar-refractivity contribution in [3.8, 4) is 0 Å². The van der Waals surface area contributed by atoms with E-state index in [0.29, 0.717) is 12.5 Å². The summed E-state index contributed by atoms with van der Waals surface area (Å²) in [5.74, 6) is 1.56. The molecule has 0 aliphatic carbocycles. The molecule has 0 saturated carbocycles. The van der Waals surface area contributed by atoms with E-state index in [-0.39, 0.29) is 0 Å². The number of hydrogen-bond donors (Lipinski definition) is 2. The molecule has 2 heterocycles. The van der Waals surface area contributed by atoms with Crippen molar-refractivity contribution in [2.75, 3.05) is 52.7 Å². The second-order valence-electron chi connectivity index (χ2n) is 6.09. The summed E-state index contributed by atoms with van der Waals surface area (Å²) in [5.41, 5.74) is 1.05. The van der Waals surface area contributed by atoms with Crippen LogP contribution in [0.5, 0.6) is 0 Å². The van der Waals surface area contributed by atoms with Gasteiger partial charge in [0, 0.05) is 39.6 Å². The van der Waals surface area contributed by atoms with E-state index in [2.05, 4.69) is 37.9 Å². The Morgan fingerprint density at radius 2 is 2.32 bits per heavy atom. The van der Waals surface area contributed by atoms with Gasteiger partial charge in [0.15, 0.2) is 11.1 Å². The standard InChI is InChI=1S/C15H28N6S/c1-16-14(17-8-12-6-5-7-21(4)10-12)18-9-13-11-22-15(19-13)20(2)3/h11-12H,5-10H2,1-4H3,(H2,16,17,18). The summed E-state index contributed by atoms with van der Waals surface area (Å²) in [7, 11) is 8.04. The SMILES string of the molecule is CN=C(NCc1csc(N(C)C)n1)NCC1CCCN(C)C1. The van der Waals surface area contributed by atoms with E-state index < -0.39 is 0 Å². The Morgan fingerprint density at radius 3 is 2.95 bits per heavy atom. The van der Waals surface area contributed by atoms with Crippen LogP contribution in [0, 0.1) is 5.92 Å². The predicted octanol–water partition coefficient (Wildman–Crippen LogP) is 1.22. The first-order valence-electron chi connectivity index (χ1n) is 7.83. The summed E-state index contributed by atoms with van der Waals surface area (Å²) in [6.45, 7) is 4.07. The molecule has 1 atom stereocenters. The number of rotatable bonds is 5. The zero-order valence-electron chi connectivity index (χ0n) is 14.1. The second-order valence-corrected chi connectivity index (χ2v) is 6.93. The van der Waals surface area contributed by atoms with E-state index in [0.717, 1.165) is 23.3 Å². The second kappa shape index (κ2) is 8.33. The van der Waals surface area contributed by atoms with Crippen LogP contribution < -0.4 is 15.5 Å². The van der Waals surface area contributed by atoms with Gasteiger partial charge in [0.05, 0.1) is 12.2 Å². The van der Waals surface area contributed by atoms with Gasteiger partial charge in [-0.1, -0.05) is 0 Å². The smallest absolute Gasteiger partial charge is 0.191 e. The monoisotopic (exact) mass is 324 g/mol. The highest BCUT2D eigenvalue weighted by Gasteiger charge is 2.17. The fraction of sp³-hybridized carbons (Fsp3) is 0.733. The molecule has 1 aromatic heterocycles. The molecular weight excluding hydrogens is 296 g/mol. The van der Waals surface area contributed by atoms with E-state index >= 15 is 0 Å². The summed E-state index contributed by atoms with van der Waals surface area (Å²) < 4.78 is 0. The third-order valence-corrected chi connectivity index (χ3v) is 4.92. The normalized spacial score (nSPS) is 20.0. The van der Waals surface area contributed by atoms with Crippen LogP contribution in [0.25, 0.3) is 0 Å². The maximum Gasteiger partial charge on any atom is 0.191 e. The molecule has 0 amide bonds. The van der Waals surface area contributed by atoms with Gasteiger partial charge in [-0.25, -0.2) is 4.98 Å². The van der Waals surface area contributed by atoms with E-state index in [9.17, 15) is 0 Å². The van der Waals surface area contributed by atoms with Gasteiger partial charge in [0.2, 0.25) is 0 Å². The summed E-state index contributed by atoms with van der Waals surface area (Å²) in [5, 5.41) is 9.90. The van der Waals surface area contributed by atoms with Crippen LogP contribution in [-0.2, 0) is 6.54 Å². The molecule has 2 rings (SSSR count). The minimum Gasteiger partial charge on any atom is -0.356 e. The number of guanidine groups is 1. The molecule has 7 heteroatoms. The molecule has 6 nitrogen and oxygen atoms in total. The molecule has 1 aliphatic rings. The number of piperidine rings is 1. The molecule has 22 heavy (non-hydrogen) atoms. The number of thiazole rings is 1. The number of nitrogens with zero attached hydrogens (tertiary/aromatic N) is 4. The lowest BCUT2D eigenvalue weighted by Gasteiger charge is -2.30. The lowest BCUT2D eigenvalue weighted by Crippen LogP contribution is -2.43. The molecule has 124 valence electrons. The number of nitrogens with one attached hydrogen (secondary N) is 2. The van der Waals surface area contributed by atoms with Gasteiger partial charge in [-0.2, -0.15) is 0 Å². The van der Waals surface area contributed by atoms with E-state index in [1.54, 1.807) is 11.3 Å². The Labute approximate surface area is 137 Å². The van der Waals surface area contributed by atoms with E-state index in [4.69, 9.17) is 0 Å². The summed E-state index contributed by atoms with van der Waals surface area (Å²) >= 11 is 1.66. The zero-order chi connectivity index (χ0) is 15.9. The molecule has 2 N–H and O–H groups in total. The fourth-order valence-electron chi connectivity index (χ4n) is 2.66. The number of aromatic nitrogens is 1. The third kappa shape index (κ3) is 5.14. The molecule has 1 fully saturated rings. The Hall–Kier alpha value is -1.34. The number of anilines is 1. The van der Waals surface area contributed by atoms with Gasteiger partial charge < -0.3 is 20.4 Å². The highest BCUT2D eigenvalue weighted by molar-refractivity contribution is 7.13. The van der Waals surface area contributed by atoms with Gasteiger partial charge in [0.25, 0.3) is 0 Å². The lowest BCUT2D eigenvalue weighted by molar-refractivity contribution is 0.210. The van der Waals surface area contributed by atoms with Crippen LogP contribution in [0.4, 0.5) is 5.13 Å². The first-order chi connectivity index (χ1) is 10.6. The van der Waals surface area contributed by atoms with Crippen molar-refractivity contribution in [1.29, 1.82) is 0 Å². The van der Waals surface area contributed by atoms with Crippen LogP contribution in [0.2, 0.25) is 0 Å². The topological polar surface area (TPSA) is 55.8 Å². The van der Waals surface area contributed by atoms with Gasteiger partial charge >= 0.3 is 0 Å². The molecular formula is C15H28N6S. The van der Waals surface area contributed by atoms with E-state index in [1.165, 1.54) is 25.9 Å². The Morgan fingerprint density at radius 1 is 1.50 bits per heavy atom. The summed E-state index contributed by atoms with van der Waals surface area (Å²) in [6, 6.07) is 0. The fourth-order valence-corrected chi connectivity index (χ4v) is 3.42. The maximum absolute atomic E-state index is 4.57. The van der Waals surface area contributed by atoms with Crippen molar-refractivity contribution in [2.45, 2.75) is 19.4 Å². The maximum atomic E-state index is 4.57. The summed E-state index contributed by atoms with van der Waals surface area (Å²) in [6.07, 6.45) is 2.59. The Kier molecular flexibility index (Phi) is 6.45. The number of likely N-dealkylation sites (tertiary alicyclic amines) is 1. The van der Waals surface area contributed by atoms with Crippen molar-refractivity contribution < 1.29 is 0 Å². The van der Waals surface area contributed by atoms with Crippen LogP contribution in [0.15, 0.2) is 10.4 Å². The first kappa shape index (κ1) is 17.0. The van der Waals surface area contributed by atoms with Crippen LogP contribution in [-0.4, -0.2) is 63.7 Å². The quantitative estimate of drug-likeness (QED) is 0.630. The molecule has 1 saturated heterocycles. The minimum absolute atomic E-state index is 0.703. The van der Waals surface area contributed by atoms with Crippen LogP contribution >= 0.6 is 11.3 Å². The Balaban J connectivity index is 1.74. The molecule has 0 aromatic carbocycles. The highest BCUT2D eigenvalue weighted by atomic mass is 32.1. The Bertz CT molecular complexity index is 484. The first-order valence-corrected chi connectivity index (χ1v) is 8.71. The summed E-state index contributed by atoms with van der Waals surface area (Å²) in [4.78, 5) is 13.3. The van der Waals surface area contributed by atoms with Crippen molar-refractivity contribution in [3.05, 3.63) is 11.1 Å². The third-order valence-electron chi connectivity index (χ3n) is 3.86. The minimum atomic E-state index is 0.703. The molecule has 0 bridgehead atoms. The van der Waals surface area contributed by atoms with Gasteiger partial charge in [-0.3, -0.25) is 4.99 Å². The molecule has 0 spiro atoms. The van der Waals surface area contributed by atoms with E-state index in [1.807, 2.05) is 26.0 Å². The van der Waals surface area contributed by atoms with Crippen molar-refractivity contribution >= 4 is 22.4 Å². The highest BCUT2D eigenvalue weighted by Crippen LogP contribution is 2.17. The average molecular weight is 324 g/mol.